The Morgan fingerprint density at radius 1 is 1.17 bits per heavy atom. The predicted octanol–water partition coefficient (Wildman–Crippen LogP) is 3.47. The first-order chi connectivity index (χ1) is 13.8. The van der Waals surface area contributed by atoms with Gasteiger partial charge in [-0.15, -0.1) is 13.2 Å². The molecule has 1 aromatic carbocycles. The lowest BCUT2D eigenvalue weighted by molar-refractivity contribution is -0.357. The first kappa shape index (κ1) is 22.1. The highest BCUT2D eigenvalue weighted by Crippen LogP contribution is 2.32. The SMILES string of the molecule is O=C(COc1ccc(Cl)cc1)N[C@@H]1CC[C@@H](COC2CC(OC(F)(F)F)C2)OC1. The maximum absolute atomic E-state index is 12.1. The van der Waals surface area contributed by atoms with Crippen LogP contribution in [0.3, 0.4) is 0 Å². The molecule has 10 heteroatoms. The lowest BCUT2D eigenvalue weighted by Gasteiger charge is -2.36. The molecule has 0 bridgehead atoms. The highest BCUT2D eigenvalue weighted by atomic mass is 35.5. The lowest BCUT2D eigenvalue weighted by Crippen LogP contribution is -2.46. The molecule has 1 aliphatic carbocycles. The van der Waals surface area contributed by atoms with Crippen LogP contribution in [-0.2, 0) is 19.0 Å². The third-order valence-electron chi connectivity index (χ3n) is 4.79. The number of hydrogen-bond donors (Lipinski definition) is 1. The summed E-state index contributed by atoms with van der Waals surface area (Å²) >= 11 is 5.79. The van der Waals surface area contributed by atoms with Gasteiger partial charge in [-0.1, -0.05) is 11.6 Å². The van der Waals surface area contributed by atoms with Gasteiger partial charge in [0.2, 0.25) is 0 Å². The van der Waals surface area contributed by atoms with Crippen LogP contribution in [0, 0.1) is 0 Å². The van der Waals surface area contributed by atoms with E-state index in [0.29, 0.717) is 30.4 Å². The van der Waals surface area contributed by atoms with Gasteiger partial charge in [-0.3, -0.25) is 9.53 Å². The Balaban J connectivity index is 1.25. The minimum absolute atomic E-state index is 0.104. The van der Waals surface area contributed by atoms with E-state index < -0.39 is 12.5 Å². The number of ether oxygens (including phenoxy) is 4. The van der Waals surface area contributed by atoms with Crippen molar-refractivity contribution in [2.75, 3.05) is 19.8 Å². The van der Waals surface area contributed by atoms with Crippen molar-refractivity contribution in [1.82, 2.24) is 5.32 Å². The molecule has 1 aliphatic heterocycles. The first-order valence-electron chi connectivity index (χ1n) is 9.42. The summed E-state index contributed by atoms with van der Waals surface area (Å²) < 4.78 is 56.8. The molecule has 0 aromatic heterocycles. The minimum Gasteiger partial charge on any atom is -0.484 e. The Kier molecular flexibility index (Phi) is 7.61. The third-order valence-corrected chi connectivity index (χ3v) is 5.04. The molecule has 2 atom stereocenters. The van der Waals surface area contributed by atoms with Gasteiger partial charge in [-0.25, -0.2) is 0 Å². The van der Waals surface area contributed by atoms with E-state index in [-0.39, 0.29) is 43.6 Å². The molecule has 0 spiro atoms. The number of nitrogens with one attached hydrogen (secondary N) is 1. The quantitative estimate of drug-likeness (QED) is 0.674. The zero-order chi connectivity index (χ0) is 20.9. The molecular formula is C19H23ClF3NO5. The second kappa shape index (κ2) is 9.97. The molecule has 2 fully saturated rings. The molecule has 1 saturated carbocycles. The van der Waals surface area contributed by atoms with Gasteiger partial charge in [0.05, 0.1) is 37.6 Å². The molecule has 0 radical (unpaired) electrons. The maximum atomic E-state index is 12.1. The van der Waals surface area contributed by atoms with E-state index in [9.17, 15) is 18.0 Å². The zero-order valence-corrected chi connectivity index (χ0v) is 16.4. The molecule has 3 rings (SSSR count). The van der Waals surface area contributed by atoms with Gasteiger partial charge < -0.3 is 19.5 Å². The number of amides is 1. The second-order valence-corrected chi connectivity index (χ2v) is 7.59. The van der Waals surface area contributed by atoms with Crippen LogP contribution in [-0.4, -0.2) is 56.4 Å². The van der Waals surface area contributed by atoms with Gasteiger partial charge in [-0.05, 0) is 37.1 Å². The van der Waals surface area contributed by atoms with Crippen molar-refractivity contribution < 1.29 is 36.9 Å². The van der Waals surface area contributed by atoms with Crippen LogP contribution in [0.15, 0.2) is 24.3 Å². The summed E-state index contributed by atoms with van der Waals surface area (Å²) in [5.74, 6) is 0.314. The lowest BCUT2D eigenvalue weighted by atomic mass is 9.92. The maximum Gasteiger partial charge on any atom is 0.522 e. The largest absolute Gasteiger partial charge is 0.522 e. The van der Waals surface area contributed by atoms with Crippen molar-refractivity contribution in [3.05, 3.63) is 29.3 Å². The van der Waals surface area contributed by atoms with Crippen molar-refractivity contribution in [2.45, 2.75) is 56.4 Å². The van der Waals surface area contributed by atoms with E-state index in [4.69, 9.17) is 25.8 Å². The summed E-state index contributed by atoms with van der Waals surface area (Å²) in [6.07, 6.45) is -3.88. The molecule has 1 saturated heterocycles. The summed E-state index contributed by atoms with van der Waals surface area (Å²) in [5.41, 5.74) is 0. The molecule has 6 nitrogen and oxygen atoms in total. The minimum atomic E-state index is -4.60. The highest BCUT2D eigenvalue weighted by molar-refractivity contribution is 6.30. The summed E-state index contributed by atoms with van der Waals surface area (Å²) in [5, 5.41) is 3.45. The molecule has 162 valence electrons. The number of hydrogen-bond acceptors (Lipinski definition) is 5. The first-order valence-corrected chi connectivity index (χ1v) is 9.80. The number of carbonyl (C=O) groups is 1. The summed E-state index contributed by atoms with van der Waals surface area (Å²) in [6, 6.07) is 6.62. The molecular weight excluding hydrogens is 415 g/mol. The number of carbonyl (C=O) groups excluding carboxylic acids is 1. The highest BCUT2D eigenvalue weighted by Gasteiger charge is 2.40. The fourth-order valence-electron chi connectivity index (χ4n) is 3.18. The fraction of sp³-hybridized carbons (Fsp3) is 0.632. The number of alkyl halides is 3. The van der Waals surface area contributed by atoms with Crippen LogP contribution in [0.5, 0.6) is 5.75 Å². The monoisotopic (exact) mass is 437 g/mol. The molecule has 29 heavy (non-hydrogen) atoms. The average Bonchev–Trinajstić information content (AvgIpc) is 2.63. The van der Waals surface area contributed by atoms with Crippen LogP contribution >= 0.6 is 11.6 Å². The normalized spacial score (nSPS) is 27.2. The Bertz CT molecular complexity index is 659. The molecule has 1 heterocycles. The molecule has 1 aromatic rings. The summed E-state index contributed by atoms with van der Waals surface area (Å²) in [4.78, 5) is 12.0. The molecule has 0 unspecified atom stereocenters. The van der Waals surface area contributed by atoms with E-state index in [1.807, 2.05) is 0 Å². The Morgan fingerprint density at radius 2 is 1.90 bits per heavy atom. The van der Waals surface area contributed by atoms with Crippen molar-refractivity contribution >= 4 is 17.5 Å². The standard InChI is InChI=1S/C19H23ClF3NO5/c20-12-1-4-14(5-2-12)28-11-18(25)24-13-3-6-15(26-9-13)10-27-16-7-17(8-16)29-19(21,22)23/h1-2,4-5,13,15-17H,3,6-11H2,(H,24,25)/t13-,15+,16?,17?/m1/s1. The van der Waals surface area contributed by atoms with Gasteiger partial charge in [0.1, 0.15) is 5.75 Å². The zero-order valence-electron chi connectivity index (χ0n) is 15.6. The van der Waals surface area contributed by atoms with Crippen LogP contribution < -0.4 is 10.1 Å². The number of rotatable bonds is 8. The van der Waals surface area contributed by atoms with Gasteiger partial charge in [0, 0.05) is 17.9 Å². The van der Waals surface area contributed by atoms with E-state index in [1.54, 1.807) is 24.3 Å². The topological polar surface area (TPSA) is 66.0 Å². The second-order valence-electron chi connectivity index (χ2n) is 7.15. The van der Waals surface area contributed by atoms with Crippen LogP contribution in [0.2, 0.25) is 5.02 Å². The smallest absolute Gasteiger partial charge is 0.484 e. The van der Waals surface area contributed by atoms with E-state index in [1.165, 1.54) is 0 Å². The number of benzene rings is 1. The molecule has 1 amide bonds. The third kappa shape index (κ3) is 7.65. The van der Waals surface area contributed by atoms with Crippen LogP contribution in [0.4, 0.5) is 13.2 Å². The van der Waals surface area contributed by atoms with E-state index in [2.05, 4.69) is 10.1 Å². The summed E-state index contributed by atoms with van der Waals surface area (Å²) in [7, 11) is 0. The average molecular weight is 438 g/mol. The molecule has 2 aliphatic rings. The fourth-order valence-corrected chi connectivity index (χ4v) is 3.31. The van der Waals surface area contributed by atoms with Crippen molar-refractivity contribution in [3.63, 3.8) is 0 Å². The van der Waals surface area contributed by atoms with Gasteiger partial charge in [0.15, 0.2) is 6.61 Å². The van der Waals surface area contributed by atoms with E-state index >= 15 is 0 Å². The van der Waals surface area contributed by atoms with Crippen molar-refractivity contribution in [3.8, 4) is 5.75 Å². The van der Waals surface area contributed by atoms with Gasteiger partial charge in [-0.2, -0.15) is 0 Å². The Hall–Kier alpha value is -1.55. The predicted molar refractivity (Wildman–Crippen MR) is 97.8 cm³/mol. The summed E-state index contributed by atoms with van der Waals surface area (Å²) in [6.45, 7) is 0.572. The van der Waals surface area contributed by atoms with Crippen LogP contribution in [0.1, 0.15) is 25.7 Å². The Labute approximate surface area is 171 Å². The van der Waals surface area contributed by atoms with Gasteiger partial charge in [0.25, 0.3) is 5.91 Å². The van der Waals surface area contributed by atoms with E-state index in [0.717, 1.165) is 6.42 Å². The van der Waals surface area contributed by atoms with Crippen LogP contribution in [0.25, 0.3) is 0 Å². The molecule has 1 N–H and O–H groups in total. The number of halogens is 4. The van der Waals surface area contributed by atoms with Gasteiger partial charge >= 0.3 is 6.36 Å². The van der Waals surface area contributed by atoms with Crippen molar-refractivity contribution in [2.24, 2.45) is 0 Å². The van der Waals surface area contributed by atoms with Crippen molar-refractivity contribution in [1.29, 1.82) is 0 Å². The Morgan fingerprint density at radius 3 is 2.52 bits per heavy atom.